The van der Waals surface area contributed by atoms with E-state index in [0.717, 1.165) is 39.1 Å². The molecule has 5 heteroatoms. The summed E-state index contributed by atoms with van der Waals surface area (Å²) in [6.07, 6.45) is 5.44. The molecule has 5 nitrogen and oxygen atoms in total. The number of rotatable bonds is 5. The topological polar surface area (TPSA) is 64.5 Å². The van der Waals surface area contributed by atoms with Crippen LogP contribution in [0.2, 0.25) is 0 Å². The molecule has 0 amide bonds. The lowest BCUT2D eigenvalue weighted by Gasteiger charge is -2.10. The summed E-state index contributed by atoms with van der Waals surface area (Å²) < 4.78 is 0. The zero-order chi connectivity index (χ0) is 24.2. The Labute approximate surface area is 209 Å². The maximum Gasteiger partial charge on any atom is 0.164 e. The summed E-state index contributed by atoms with van der Waals surface area (Å²) in [5.41, 5.74) is 6.84. The Kier molecular flexibility index (Phi) is 5.78. The quantitative estimate of drug-likeness (QED) is 0.275. The third-order valence-corrected chi connectivity index (χ3v) is 5.89. The van der Waals surface area contributed by atoms with Crippen LogP contribution >= 0.6 is 0 Å². The predicted molar refractivity (Wildman–Crippen MR) is 143 cm³/mol. The Morgan fingerprint density at radius 2 is 0.944 bits per heavy atom. The van der Waals surface area contributed by atoms with Crippen molar-refractivity contribution < 1.29 is 0 Å². The average molecular weight is 464 g/mol. The Morgan fingerprint density at radius 1 is 0.389 bits per heavy atom. The van der Waals surface area contributed by atoms with Crippen LogP contribution in [0.25, 0.3) is 56.5 Å². The van der Waals surface area contributed by atoms with E-state index in [1.165, 1.54) is 0 Å². The summed E-state index contributed by atoms with van der Waals surface area (Å²) >= 11 is 0. The number of nitrogens with zero attached hydrogens (tertiary/aromatic N) is 5. The monoisotopic (exact) mass is 463 g/mol. The van der Waals surface area contributed by atoms with E-state index < -0.39 is 0 Å². The van der Waals surface area contributed by atoms with Gasteiger partial charge in [0.1, 0.15) is 0 Å². The van der Waals surface area contributed by atoms with Crippen molar-refractivity contribution >= 4 is 0 Å². The third kappa shape index (κ3) is 4.50. The molecule has 0 saturated carbocycles. The van der Waals surface area contributed by atoms with Crippen LogP contribution in [0.3, 0.4) is 0 Å². The van der Waals surface area contributed by atoms with E-state index in [1.807, 2.05) is 97.2 Å². The highest BCUT2D eigenvalue weighted by Crippen LogP contribution is 2.28. The van der Waals surface area contributed by atoms with Crippen molar-refractivity contribution in [2.75, 3.05) is 0 Å². The summed E-state index contributed by atoms with van der Waals surface area (Å²) in [6, 6.07) is 36.2. The molecule has 6 aromatic rings. The minimum Gasteiger partial charge on any atom is -0.265 e. The Balaban J connectivity index is 1.41. The first-order valence-electron chi connectivity index (χ1n) is 11.7. The fraction of sp³-hybridized carbons (Fsp3) is 0. The van der Waals surface area contributed by atoms with Gasteiger partial charge in [-0.25, -0.2) is 15.0 Å². The van der Waals surface area contributed by atoms with Crippen LogP contribution in [0.1, 0.15) is 0 Å². The molecule has 0 bridgehead atoms. The second kappa shape index (κ2) is 9.68. The maximum atomic E-state index is 4.84. The highest BCUT2D eigenvalue weighted by Gasteiger charge is 2.13. The molecule has 3 aromatic carbocycles. The van der Waals surface area contributed by atoms with Gasteiger partial charge >= 0.3 is 0 Å². The van der Waals surface area contributed by atoms with Gasteiger partial charge in [-0.3, -0.25) is 9.97 Å². The number of benzene rings is 3. The molecule has 0 unspecified atom stereocenters. The third-order valence-electron chi connectivity index (χ3n) is 5.89. The van der Waals surface area contributed by atoms with Gasteiger partial charge < -0.3 is 0 Å². The van der Waals surface area contributed by atoms with E-state index in [4.69, 9.17) is 15.0 Å². The molecule has 0 aliphatic heterocycles. The molecule has 36 heavy (non-hydrogen) atoms. The number of aromatic nitrogens is 5. The number of hydrogen-bond donors (Lipinski definition) is 0. The van der Waals surface area contributed by atoms with Crippen molar-refractivity contribution in [3.8, 4) is 56.5 Å². The lowest BCUT2D eigenvalue weighted by Crippen LogP contribution is -2.00. The van der Waals surface area contributed by atoms with Crippen LogP contribution in [0.5, 0.6) is 0 Å². The summed E-state index contributed by atoms with van der Waals surface area (Å²) in [4.78, 5) is 23.2. The van der Waals surface area contributed by atoms with Crippen molar-refractivity contribution in [3.63, 3.8) is 0 Å². The van der Waals surface area contributed by atoms with Gasteiger partial charge in [-0.15, -0.1) is 0 Å². The van der Waals surface area contributed by atoms with E-state index in [2.05, 4.69) is 28.2 Å². The van der Waals surface area contributed by atoms with E-state index in [9.17, 15) is 0 Å². The molecular weight excluding hydrogens is 442 g/mol. The van der Waals surface area contributed by atoms with Gasteiger partial charge in [0.2, 0.25) is 0 Å². The summed E-state index contributed by atoms with van der Waals surface area (Å²) in [7, 11) is 0. The highest BCUT2D eigenvalue weighted by molar-refractivity contribution is 5.73. The molecule has 3 aromatic heterocycles. The second-order valence-electron chi connectivity index (χ2n) is 8.29. The first-order valence-corrected chi connectivity index (χ1v) is 11.7. The summed E-state index contributed by atoms with van der Waals surface area (Å²) in [6.45, 7) is 0. The minimum absolute atomic E-state index is 0.630. The minimum atomic E-state index is 0.630. The van der Waals surface area contributed by atoms with Crippen molar-refractivity contribution in [3.05, 3.63) is 128 Å². The van der Waals surface area contributed by atoms with Gasteiger partial charge in [0.25, 0.3) is 0 Å². The fourth-order valence-electron chi connectivity index (χ4n) is 4.03. The molecule has 0 aliphatic rings. The summed E-state index contributed by atoms with van der Waals surface area (Å²) in [5, 5.41) is 0. The normalized spacial score (nSPS) is 10.8. The van der Waals surface area contributed by atoms with Crippen molar-refractivity contribution in [1.29, 1.82) is 0 Å². The maximum absolute atomic E-state index is 4.84. The van der Waals surface area contributed by atoms with E-state index in [-0.39, 0.29) is 0 Å². The van der Waals surface area contributed by atoms with Gasteiger partial charge in [-0.05, 0) is 29.8 Å². The molecule has 170 valence electrons. The van der Waals surface area contributed by atoms with Crippen LogP contribution in [0, 0.1) is 0 Å². The highest BCUT2D eigenvalue weighted by atomic mass is 15.0. The van der Waals surface area contributed by atoms with E-state index >= 15 is 0 Å². The molecule has 0 radical (unpaired) electrons. The van der Waals surface area contributed by atoms with E-state index in [0.29, 0.717) is 17.5 Å². The van der Waals surface area contributed by atoms with Crippen LogP contribution in [-0.2, 0) is 0 Å². The molecule has 0 saturated heterocycles. The van der Waals surface area contributed by atoms with Crippen molar-refractivity contribution in [2.24, 2.45) is 0 Å². The molecule has 0 spiro atoms. The zero-order valence-electron chi connectivity index (χ0n) is 19.4. The smallest absolute Gasteiger partial charge is 0.164 e. The molecule has 6 rings (SSSR count). The van der Waals surface area contributed by atoms with E-state index in [1.54, 1.807) is 12.4 Å². The Hall–Kier alpha value is -5.03. The van der Waals surface area contributed by atoms with Gasteiger partial charge in [-0.1, -0.05) is 84.9 Å². The lowest BCUT2D eigenvalue weighted by atomic mass is 10.0. The van der Waals surface area contributed by atoms with Gasteiger partial charge in [0.15, 0.2) is 17.5 Å². The lowest BCUT2D eigenvalue weighted by molar-refractivity contribution is 1.07. The van der Waals surface area contributed by atoms with Crippen LogP contribution < -0.4 is 0 Å². The first-order chi connectivity index (χ1) is 17.8. The van der Waals surface area contributed by atoms with Gasteiger partial charge in [0.05, 0.1) is 5.69 Å². The van der Waals surface area contributed by atoms with Crippen LogP contribution in [0.4, 0.5) is 0 Å². The Bertz CT molecular complexity index is 1540. The standard InChI is InChI=1S/C31H21N5/c1-3-8-23(9-4-1)29-34-30(24-10-5-2-6-11-24)36-31(35-29)26-13-7-12-25(20-26)27-14-15-28(33-21-27)22-16-18-32-19-17-22/h1-21H. The van der Waals surface area contributed by atoms with Crippen molar-refractivity contribution in [2.45, 2.75) is 0 Å². The van der Waals surface area contributed by atoms with Crippen LogP contribution in [-0.4, -0.2) is 24.9 Å². The molecule has 0 N–H and O–H groups in total. The predicted octanol–water partition coefficient (Wildman–Crippen LogP) is 7.00. The SMILES string of the molecule is c1ccc(-c2nc(-c3ccccc3)nc(-c3cccc(-c4ccc(-c5ccncc5)nc4)c3)n2)cc1. The largest absolute Gasteiger partial charge is 0.265 e. The average Bonchev–Trinajstić information content (AvgIpc) is 2.98. The second-order valence-corrected chi connectivity index (χ2v) is 8.29. The molecule has 0 aliphatic carbocycles. The van der Waals surface area contributed by atoms with Gasteiger partial charge in [0, 0.05) is 46.4 Å². The molecule has 0 fully saturated rings. The molecule has 0 atom stereocenters. The number of pyridine rings is 2. The number of hydrogen-bond acceptors (Lipinski definition) is 5. The molecular formula is C31H21N5. The van der Waals surface area contributed by atoms with Crippen LogP contribution in [0.15, 0.2) is 128 Å². The fourth-order valence-corrected chi connectivity index (χ4v) is 4.03. The van der Waals surface area contributed by atoms with Gasteiger partial charge in [-0.2, -0.15) is 0 Å². The summed E-state index contributed by atoms with van der Waals surface area (Å²) in [5.74, 6) is 1.92. The Morgan fingerprint density at radius 3 is 1.53 bits per heavy atom. The molecule has 3 heterocycles. The van der Waals surface area contributed by atoms with Crippen molar-refractivity contribution in [1.82, 2.24) is 24.9 Å². The first kappa shape index (κ1) is 21.5. The zero-order valence-corrected chi connectivity index (χ0v) is 19.4.